The van der Waals surface area contributed by atoms with Gasteiger partial charge in [0.1, 0.15) is 6.61 Å². The summed E-state index contributed by atoms with van der Waals surface area (Å²) in [5, 5.41) is 4.08. The van der Waals surface area contributed by atoms with Crippen LogP contribution in [0.4, 0.5) is 0 Å². The zero-order valence-electron chi connectivity index (χ0n) is 9.09. The Bertz CT molecular complexity index is 446. The van der Waals surface area contributed by atoms with Crippen LogP contribution < -0.4 is 0 Å². The van der Waals surface area contributed by atoms with Gasteiger partial charge in [0.25, 0.3) is 0 Å². The Morgan fingerprint density at radius 1 is 1.19 bits per heavy atom. The summed E-state index contributed by atoms with van der Waals surface area (Å²) in [6, 6.07) is 13.5. The summed E-state index contributed by atoms with van der Waals surface area (Å²) in [5.41, 5.74) is 1.69. The minimum atomic E-state index is 0.539. The van der Waals surface area contributed by atoms with Gasteiger partial charge < -0.3 is 9.25 Å². The van der Waals surface area contributed by atoms with E-state index in [1.54, 1.807) is 6.26 Å². The fraction of sp³-hybridized carbons (Fsp3) is 0.154. The Balaban J connectivity index is 2.37. The SMILES string of the molecule is CCO/N=C(\c1ccccc1)c1ccco1. The van der Waals surface area contributed by atoms with Crippen molar-refractivity contribution < 1.29 is 9.25 Å². The number of furan rings is 1. The first-order valence-electron chi connectivity index (χ1n) is 5.21. The predicted molar refractivity (Wildman–Crippen MR) is 62.4 cm³/mol. The highest BCUT2D eigenvalue weighted by Gasteiger charge is 2.09. The molecule has 0 aliphatic rings. The predicted octanol–water partition coefficient (Wildman–Crippen LogP) is 3.07. The summed E-state index contributed by atoms with van der Waals surface area (Å²) >= 11 is 0. The Kier molecular flexibility index (Phi) is 3.38. The van der Waals surface area contributed by atoms with Crippen LogP contribution in [-0.4, -0.2) is 12.3 Å². The molecule has 0 spiro atoms. The number of nitrogens with zero attached hydrogens (tertiary/aromatic N) is 1. The number of benzene rings is 1. The van der Waals surface area contributed by atoms with E-state index in [9.17, 15) is 0 Å². The lowest BCUT2D eigenvalue weighted by Crippen LogP contribution is -2.02. The van der Waals surface area contributed by atoms with Crippen molar-refractivity contribution in [2.24, 2.45) is 5.16 Å². The van der Waals surface area contributed by atoms with Crippen molar-refractivity contribution in [3.05, 3.63) is 60.1 Å². The highest BCUT2D eigenvalue weighted by Crippen LogP contribution is 2.11. The maximum absolute atomic E-state index is 5.34. The standard InChI is InChI=1S/C13H13NO2/c1-2-16-14-13(12-9-6-10-15-12)11-7-4-3-5-8-11/h3-10H,2H2,1H3/b14-13+. The molecule has 2 rings (SSSR count). The molecule has 0 atom stereocenters. The maximum Gasteiger partial charge on any atom is 0.156 e. The molecule has 0 aliphatic heterocycles. The van der Waals surface area contributed by atoms with Gasteiger partial charge in [-0.25, -0.2) is 0 Å². The molecule has 1 aromatic carbocycles. The van der Waals surface area contributed by atoms with Crippen molar-refractivity contribution in [3.8, 4) is 0 Å². The van der Waals surface area contributed by atoms with Gasteiger partial charge in [0.05, 0.1) is 6.26 Å². The molecule has 0 N–H and O–H groups in total. The van der Waals surface area contributed by atoms with Gasteiger partial charge in [0.2, 0.25) is 0 Å². The molecular weight excluding hydrogens is 202 g/mol. The van der Waals surface area contributed by atoms with Crippen LogP contribution in [-0.2, 0) is 4.84 Å². The average Bonchev–Trinajstić information content (AvgIpc) is 2.85. The van der Waals surface area contributed by atoms with Gasteiger partial charge in [0, 0.05) is 5.56 Å². The molecule has 3 nitrogen and oxygen atoms in total. The molecule has 0 fully saturated rings. The lowest BCUT2D eigenvalue weighted by atomic mass is 10.1. The highest BCUT2D eigenvalue weighted by molar-refractivity contribution is 6.10. The molecule has 1 aromatic heterocycles. The van der Waals surface area contributed by atoms with Crippen molar-refractivity contribution >= 4 is 5.71 Å². The van der Waals surface area contributed by atoms with E-state index in [4.69, 9.17) is 9.25 Å². The van der Waals surface area contributed by atoms with Crippen LogP contribution in [0.15, 0.2) is 58.3 Å². The van der Waals surface area contributed by atoms with Gasteiger partial charge >= 0.3 is 0 Å². The third-order valence-corrected chi connectivity index (χ3v) is 2.09. The van der Waals surface area contributed by atoms with Crippen molar-refractivity contribution in [1.82, 2.24) is 0 Å². The van der Waals surface area contributed by atoms with Gasteiger partial charge in [0.15, 0.2) is 11.5 Å². The molecule has 1 heterocycles. The van der Waals surface area contributed by atoms with Crippen molar-refractivity contribution in [2.75, 3.05) is 6.61 Å². The van der Waals surface area contributed by atoms with Crippen LogP contribution in [0.2, 0.25) is 0 Å². The zero-order valence-corrected chi connectivity index (χ0v) is 9.09. The lowest BCUT2D eigenvalue weighted by Gasteiger charge is -2.03. The van der Waals surface area contributed by atoms with Crippen LogP contribution >= 0.6 is 0 Å². The summed E-state index contributed by atoms with van der Waals surface area (Å²) in [4.78, 5) is 5.10. The first-order chi connectivity index (χ1) is 7.92. The number of hydrogen-bond donors (Lipinski definition) is 0. The summed E-state index contributed by atoms with van der Waals surface area (Å²) < 4.78 is 5.34. The second kappa shape index (κ2) is 5.16. The molecule has 0 unspecified atom stereocenters. The van der Waals surface area contributed by atoms with Crippen LogP contribution in [0.5, 0.6) is 0 Å². The van der Waals surface area contributed by atoms with Gasteiger partial charge in [-0.1, -0.05) is 35.5 Å². The molecule has 0 saturated carbocycles. The van der Waals surface area contributed by atoms with Gasteiger partial charge in [-0.3, -0.25) is 0 Å². The first-order valence-corrected chi connectivity index (χ1v) is 5.21. The molecule has 3 heteroatoms. The summed E-state index contributed by atoms with van der Waals surface area (Å²) in [7, 11) is 0. The lowest BCUT2D eigenvalue weighted by molar-refractivity contribution is 0.159. The van der Waals surface area contributed by atoms with E-state index in [1.807, 2.05) is 49.4 Å². The second-order valence-corrected chi connectivity index (χ2v) is 3.20. The average molecular weight is 215 g/mol. The Hall–Kier alpha value is -2.03. The van der Waals surface area contributed by atoms with E-state index >= 15 is 0 Å². The Morgan fingerprint density at radius 3 is 2.62 bits per heavy atom. The van der Waals surface area contributed by atoms with E-state index in [0.717, 1.165) is 5.56 Å². The quantitative estimate of drug-likeness (QED) is 0.580. The molecule has 0 bridgehead atoms. The van der Waals surface area contributed by atoms with Crippen molar-refractivity contribution in [3.63, 3.8) is 0 Å². The molecular formula is C13H13NO2. The van der Waals surface area contributed by atoms with Crippen LogP contribution in [0.25, 0.3) is 0 Å². The van der Waals surface area contributed by atoms with Crippen molar-refractivity contribution in [1.29, 1.82) is 0 Å². The molecule has 0 saturated heterocycles. The molecule has 0 radical (unpaired) electrons. The van der Waals surface area contributed by atoms with E-state index in [1.165, 1.54) is 0 Å². The largest absolute Gasteiger partial charge is 0.463 e. The summed E-state index contributed by atoms with van der Waals surface area (Å²) in [6.45, 7) is 2.44. The molecule has 0 aliphatic carbocycles. The number of rotatable bonds is 4. The molecule has 2 aromatic rings. The minimum absolute atomic E-state index is 0.539. The first kappa shape index (κ1) is 10.5. The second-order valence-electron chi connectivity index (χ2n) is 3.20. The molecule has 16 heavy (non-hydrogen) atoms. The van der Waals surface area contributed by atoms with Crippen LogP contribution in [0, 0.1) is 0 Å². The third-order valence-electron chi connectivity index (χ3n) is 2.09. The Labute approximate surface area is 94.3 Å². The number of hydrogen-bond acceptors (Lipinski definition) is 3. The molecule has 0 amide bonds. The smallest absolute Gasteiger partial charge is 0.156 e. The van der Waals surface area contributed by atoms with Gasteiger partial charge in [-0.15, -0.1) is 0 Å². The van der Waals surface area contributed by atoms with Gasteiger partial charge in [-0.2, -0.15) is 0 Å². The van der Waals surface area contributed by atoms with E-state index in [0.29, 0.717) is 18.1 Å². The number of oxime groups is 1. The summed E-state index contributed by atoms with van der Waals surface area (Å²) in [5.74, 6) is 0.708. The minimum Gasteiger partial charge on any atom is -0.463 e. The third kappa shape index (κ3) is 2.31. The monoisotopic (exact) mass is 215 g/mol. The summed E-state index contributed by atoms with van der Waals surface area (Å²) in [6.07, 6.45) is 1.62. The normalized spacial score (nSPS) is 11.4. The van der Waals surface area contributed by atoms with Crippen LogP contribution in [0.3, 0.4) is 0 Å². The highest BCUT2D eigenvalue weighted by atomic mass is 16.6. The van der Waals surface area contributed by atoms with Crippen LogP contribution in [0.1, 0.15) is 18.2 Å². The Morgan fingerprint density at radius 2 is 2.00 bits per heavy atom. The van der Waals surface area contributed by atoms with E-state index < -0.39 is 0 Å². The van der Waals surface area contributed by atoms with Crippen molar-refractivity contribution in [2.45, 2.75) is 6.92 Å². The van der Waals surface area contributed by atoms with E-state index in [2.05, 4.69) is 5.16 Å². The van der Waals surface area contributed by atoms with Gasteiger partial charge in [-0.05, 0) is 19.1 Å². The fourth-order valence-corrected chi connectivity index (χ4v) is 1.38. The molecule has 82 valence electrons. The maximum atomic E-state index is 5.34. The zero-order chi connectivity index (χ0) is 11.2. The topological polar surface area (TPSA) is 34.7 Å². The van der Waals surface area contributed by atoms with E-state index in [-0.39, 0.29) is 0 Å². The fourth-order valence-electron chi connectivity index (χ4n) is 1.38.